The van der Waals surface area contributed by atoms with Gasteiger partial charge in [0.2, 0.25) is 0 Å². The first-order chi connectivity index (χ1) is 8.56. The van der Waals surface area contributed by atoms with Gasteiger partial charge >= 0.3 is 0 Å². The molecule has 2 aromatic rings. The third kappa shape index (κ3) is 3.35. The topological polar surface area (TPSA) is 26.0 Å². The largest absolute Gasteiger partial charge is 0.320 e. The molecule has 0 saturated carbocycles. The minimum absolute atomic E-state index is 0.0735. The molecule has 0 radical (unpaired) electrons. The molecule has 0 amide bonds. The molecule has 3 heteroatoms. The summed E-state index contributed by atoms with van der Waals surface area (Å²) in [5.74, 6) is 0.681. The zero-order valence-corrected chi connectivity index (χ0v) is 12.3. The van der Waals surface area contributed by atoms with E-state index in [1.807, 2.05) is 12.1 Å². The maximum absolute atomic E-state index is 6.23. The number of hydrogen-bond donors (Lipinski definition) is 1. The molecule has 2 rings (SSSR count). The van der Waals surface area contributed by atoms with E-state index < -0.39 is 0 Å². The Hall–Kier alpha value is -0.830. The van der Waals surface area contributed by atoms with Crippen LogP contribution in [0.2, 0.25) is 4.34 Å². The number of benzene rings is 1. The van der Waals surface area contributed by atoms with Gasteiger partial charge in [-0.05, 0) is 35.6 Å². The average Bonchev–Trinajstić information content (AvgIpc) is 2.75. The van der Waals surface area contributed by atoms with Crippen LogP contribution in [0, 0.1) is 5.92 Å². The van der Waals surface area contributed by atoms with Crippen molar-refractivity contribution in [2.45, 2.75) is 26.3 Å². The summed E-state index contributed by atoms with van der Waals surface area (Å²) in [5.41, 5.74) is 8.74. The summed E-state index contributed by atoms with van der Waals surface area (Å²) in [6.07, 6.45) is 1.11. The number of rotatable bonds is 4. The SMILES string of the molecule is CC(C)Cc1ccc(C(N)c2ccc(Cl)s2)cc1. The highest BCUT2D eigenvalue weighted by Crippen LogP contribution is 2.29. The lowest BCUT2D eigenvalue weighted by Gasteiger charge is -2.11. The molecule has 0 aliphatic rings. The summed E-state index contributed by atoms with van der Waals surface area (Å²) in [6.45, 7) is 4.46. The van der Waals surface area contributed by atoms with Gasteiger partial charge in [0.15, 0.2) is 0 Å². The van der Waals surface area contributed by atoms with Crippen molar-refractivity contribution in [1.29, 1.82) is 0 Å². The van der Waals surface area contributed by atoms with Gasteiger partial charge in [0.1, 0.15) is 0 Å². The standard InChI is InChI=1S/C15H18ClNS/c1-10(2)9-11-3-5-12(6-4-11)15(17)13-7-8-14(16)18-13/h3-8,10,15H,9,17H2,1-2H3. The van der Waals surface area contributed by atoms with Crippen LogP contribution in [0.5, 0.6) is 0 Å². The maximum Gasteiger partial charge on any atom is 0.0931 e. The first-order valence-corrected chi connectivity index (χ1v) is 7.35. The van der Waals surface area contributed by atoms with Gasteiger partial charge in [0.05, 0.1) is 10.4 Å². The maximum atomic E-state index is 6.23. The van der Waals surface area contributed by atoms with E-state index in [2.05, 4.69) is 38.1 Å². The lowest BCUT2D eigenvalue weighted by molar-refractivity contribution is 0.647. The van der Waals surface area contributed by atoms with Crippen LogP contribution in [0.25, 0.3) is 0 Å². The normalized spacial score (nSPS) is 12.9. The van der Waals surface area contributed by atoms with E-state index >= 15 is 0 Å². The molecule has 1 nitrogen and oxygen atoms in total. The smallest absolute Gasteiger partial charge is 0.0931 e. The molecule has 1 aromatic heterocycles. The van der Waals surface area contributed by atoms with Crippen LogP contribution in [0.3, 0.4) is 0 Å². The molecule has 18 heavy (non-hydrogen) atoms. The van der Waals surface area contributed by atoms with Gasteiger partial charge in [-0.3, -0.25) is 0 Å². The lowest BCUT2D eigenvalue weighted by atomic mass is 9.99. The molecular formula is C15H18ClNS. The first kappa shape index (κ1) is 13.6. The van der Waals surface area contributed by atoms with Crippen LogP contribution in [-0.2, 0) is 6.42 Å². The van der Waals surface area contributed by atoms with Crippen molar-refractivity contribution >= 4 is 22.9 Å². The molecule has 2 N–H and O–H groups in total. The van der Waals surface area contributed by atoms with E-state index in [1.54, 1.807) is 11.3 Å². The summed E-state index contributed by atoms with van der Waals surface area (Å²) in [4.78, 5) is 1.11. The van der Waals surface area contributed by atoms with Crippen molar-refractivity contribution in [3.63, 3.8) is 0 Å². The van der Waals surface area contributed by atoms with Crippen LogP contribution >= 0.6 is 22.9 Å². The van der Waals surface area contributed by atoms with Crippen LogP contribution in [-0.4, -0.2) is 0 Å². The third-order valence-electron chi connectivity index (χ3n) is 2.88. The summed E-state index contributed by atoms with van der Waals surface area (Å²) in [5, 5.41) is 0. The van der Waals surface area contributed by atoms with Crippen molar-refractivity contribution in [2.24, 2.45) is 11.7 Å². The monoisotopic (exact) mass is 279 g/mol. The number of thiophene rings is 1. The van der Waals surface area contributed by atoms with Crippen LogP contribution < -0.4 is 5.73 Å². The molecule has 96 valence electrons. The van der Waals surface area contributed by atoms with E-state index in [-0.39, 0.29) is 6.04 Å². The van der Waals surface area contributed by atoms with Crippen molar-refractivity contribution in [3.05, 3.63) is 56.7 Å². The Labute approximate surface area is 118 Å². The molecule has 0 spiro atoms. The highest BCUT2D eigenvalue weighted by Gasteiger charge is 2.11. The fraction of sp³-hybridized carbons (Fsp3) is 0.333. The molecule has 1 unspecified atom stereocenters. The van der Waals surface area contributed by atoms with Crippen LogP contribution in [0.4, 0.5) is 0 Å². The zero-order chi connectivity index (χ0) is 13.1. The summed E-state index contributed by atoms with van der Waals surface area (Å²) in [7, 11) is 0. The highest BCUT2D eigenvalue weighted by atomic mass is 35.5. The van der Waals surface area contributed by atoms with E-state index in [4.69, 9.17) is 17.3 Å². The minimum atomic E-state index is -0.0735. The summed E-state index contributed by atoms with van der Waals surface area (Å²) >= 11 is 7.48. The number of hydrogen-bond acceptors (Lipinski definition) is 2. The molecule has 0 fully saturated rings. The minimum Gasteiger partial charge on any atom is -0.320 e. The Morgan fingerprint density at radius 1 is 1.11 bits per heavy atom. The van der Waals surface area contributed by atoms with Gasteiger partial charge in [0, 0.05) is 4.88 Å². The second-order valence-corrected chi connectivity index (χ2v) is 6.71. The van der Waals surface area contributed by atoms with Gasteiger partial charge < -0.3 is 5.73 Å². The third-order valence-corrected chi connectivity index (χ3v) is 4.20. The number of halogens is 1. The highest BCUT2D eigenvalue weighted by molar-refractivity contribution is 7.16. The lowest BCUT2D eigenvalue weighted by Crippen LogP contribution is -2.10. The molecule has 1 atom stereocenters. The molecule has 1 heterocycles. The Kier molecular flexibility index (Phi) is 4.44. The fourth-order valence-corrected chi connectivity index (χ4v) is 3.08. The Morgan fingerprint density at radius 2 is 1.78 bits per heavy atom. The van der Waals surface area contributed by atoms with Crippen molar-refractivity contribution in [1.82, 2.24) is 0 Å². The fourth-order valence-electron chi connectivity index (χ4n) is 1.99. The van der Waals surface area contributed by atoms with Crippen LogP contribution in [0.1, 0.15) is 35.9 Å². The summed E-state index contributed by atoms with van der Waals surface area (Å²) in [6, 6.07) is 12.4. The van der Waals surface area contributed by atoms with Gasteiger partial charge in [-0.15, -0.1) is 11.3 Å². The predicted molar refractivity (Wildman–Crippen MR) is 80.3 cm³/mol. The van der Waals surface area contributed by atoms with E-state index in [0.29, 0.717) is 5.92 Å². The van der Waals surface area contributed by atoms with Gasteiger partial charge in [-0.25, -0.2) is 0 Å². The van der Waals surface area contributed by atoms with Crippen molar-refractivity contribution < 1.29 is 0 Å². The van der Waals surface area contributed by atoms with Gasteiger partial charge in [-0.1, -0.05) is 49.7 Å². The van der Waals surface area contributed by atoms with Crippen molar-refractivity contribution in [2.75, 3.05) is 0 Å². The summed E-state index contributed by atoms with van der Waals surface area (Å²) < 4.78 is 0.789. The Morgan fingerprint density at radius 3 is 2.28 bits per heavy atom. The predicted octanol–water partition coefficient (Wildman–Crippen LogP) is 4.65. The first-order valence-electron chi connectivity index (χ1n) is 6.16. The van der Waals surface area contributed by atoms with E-state index in [0.717, 1.165) is 21.2 Å². The van der Waals surface area contributed by atoms with Crippen molar-refractivity contribution in [3.8, 4) is 0 Å². The van der Waals surface area contributed by atoms with Crippen LogP contribution in [0.15, 0.2) is 36.4 Å². The zero-order valence-electron chi connectivity index (χ0n) is 10.7. The van der Waals surface area contributed by atoms with E-state index in [9.17, 15) is 0 Å². The molecular weight excluding hydrogens is 262 g/mol. The molecule has 0 bridgehead atoms. The number of nitrogens with two attached hydrogens (primary N) is 1. The molecule has 0 aliphatic carbocycles. The molecule has 1 aromatic carbocycles. The average molecular weight is 280 g/mol. The van der Waals surface area contributed by atoms with Gasteiger partial charge in [-0.2, -0.15) is 0 Å². The molecule has 0 aliphatic heterocycles. The second kappa shape index (κ2) is 5.87. The Balaban J connectivity index is 2.14. The second-order valence-electron chi connectivity index (χ2n) is 4.96. The van der Waals surface area contributed by atoms with Gasteiger partial charge in [0.25, 0.3) is 0 Å². The van der Waals surface area contributed by atoms with E-state index in [1.165, 1.54) is 5.56 Å². The quantitative estimate of drug-likeness (QED) is 0.866. The molecule has 0 saturated heterocycles. The Bertz CT molecular complexity index is 501.